The fraction of sp³-hybridized carbons (Fsp3) is 0.429. The second-order valence-electron chi connectivity index (χ2n) is 3.80. The Hall–Kier alpha value is -0.560. The molecular weight excluding hydrogens is 248 g/mol. The van der Waals surface area contributed by atoms with E-state index < -0.39 is 0 Å². The van der Waals surface area contributed by atoms with Crippen molar-refractivity contribution in [1.29, 1.82) is 0 Å². The minimum atomic E-state index is 0.516. The standard InChI is InChI=1S/C14H19Br/c1-2-3-4-5-9-12-14(15)13-10-7-6-8-11-13/h2,6-8,10-11,14H,1,3-5,9,12H2. The number of alkyl halides is 1. The summed E-state index contributed by atoms with van der Waals surface area (Å²) in [5.41, 5.74) is 1.39. The van der Waals surface area contributed by atoms with Crippen LogP contribution in [-0.4, -0.2) is 0 Å². The number of rotatable bonds is 7. The lowest BCUT2D eigenvalue weighted by Gasteiger charge is -2.09. The predicted molar refractivity (Wildman–Crippen MR) is 71.4 cm³/mol. The van der Waals surface area contributed by atoms with E-state index in [4.69, 9.17) is 0 Å². The summed E-state index contributed by atoms with van der Waals surface area (Å²) in [6, 6.07) is 10.6. The summed E-state index contributed by atoms with van der Waals surface area (Å²) >= 11 is 3.73. The highest BCUT2D eigenvalue weighted by Crippen LogP contribution is 2.28. The van der Waals surface area contributed by atoms with Crippen LogP contribution >= 0.6 is 15.9 Å². The van der Waals surface area contributed by atoms with Gasteiger partial charge < -0.3 is 0 Å². The summed E-state index contributed by atoms with van der Waals surface area (Å²) < 4.78 is 0. The molecular formula is C14H19Br. The van der Waals surface area contributed by atoms with Crippen LogP contribution in [0.2, 0.25) is 0 Å². The number of benzene rings is 1. The molecule has 0 aliphatic heterocycles. The number of halogens is 1. The largest absolute Gasteiger partial charge is 0.103 e. The van der Waals surface area contributed by atoms with Crippen LogP contribution in [0.15, 0.2) is 43.0 Å². The van der Waals surface area contributed by atoms with E-state index in [1.807, 2.05) is 6.08 Å². The topological polar surface area (TPSA) is 0 Å². The lowest BCUT2D eigenvalue weighted by molar-refractivity contribution is 0.644. The van der Waals surface area contributed by atoms with Gasteiger partial charge in [-0.1, -0.05) is 65.2 Å². The van der Waals surface area contributed by atoms with Crippen LogP contribution in [0, 0.1) is 0 Å². The van der Waals surface area contributed by atoms with Gasteiger partial charge in [-0.05, 0) is 24.8 Å². The van der Waals surface area contributed by atoms with Crippen molar-refractivity contribution in [2.45, 2.75) is 36.9 Å². The third-order valence-corrected chi connectivity index (χ3v) is 3.51. The molecule has 0 amide bonds. The Balaban J connectivity index is 2.19. The molecule has 0 radical (unpaired) electrons. The van der Waals surface area contributed by atoms with E-state index in [1.54, 1.807) is 0 Å². The highest BCUT2D eigenvalue weighted by Gasteiger charge is 2.05. The normalized spacial score (nSPS) is 12.3. The molecule has 0 heterocycles. The molecule has 0 aliphatic carbocycles. The van der Waals surface area contributed by atoms with Crippen LogP contribution in [0.3, 0.4) is 0 Å². The molecule has 1 aromatic rings. The maximum absolute atomic E-state index is 3.73. The molecule has 15 heavy (non-hydrogen) atoms. The van der Waals surface area contributed by atoms with Gasteiger partial charge in [0.1, 0.15) is 0 Å². The van der Waals surface area contributed by atoms with Crippen molar-refractivity contribution in [2.24, 2.45) is 0 Å². The average Bonchev–Trinajstić information content (AvgIpc) is 2.30. The molecule has 1 unspecified atom stereocenters. The summed E-state index contributed by atoms with van der Waals surface area (Å²) in [5, 5.41) is 0. The second kappa shape index (κ2) is 7.70. The van der Waals surface area contributed by atoms with E-state index in [1.165, 1.54) is 31.2 Å². The Bertz CT molecular complexity index is 266. The predicted octanol–water partition coefficient (Wildman–Crippen LogP) is 5.26. The Kier molecular flexibility index (Phi) is 6.42. The smallest absolute Gasteiger partial charge is 0.0395 e. The Morgan fingerprint density at radius 2 is 1.87 bits per heavy atom. The first-order valence-electron chi connectivity index (χ1n) is 5.64. The summed E-state index contributed by atoms with van der Waals surface area (Å²) in [5.74, 6) is 0. The molecule has 0 aromatic heterocycles. The molecule has 82 valence electrons. The SMILES string of the molecule is C=CCCCCCC(Br)c1ccccc1. The van der Waals surface area contributed by atoms with Gasteiger partial charge in [-0.3, -0.25) is 0 Å². The first-order chi connectivity index (χ1) is 7.34. The van der Waals surface area contributed by atoms with Gasteiger partial charge in [-0.2, -0.15) is 0 Å². The van der Waals surface area contributed by atoms with Gasteiger partial charge in [-0.25, -0.2) is 0 Å². The van der Waals surface area contributed by atoms with Crippen molar-refractivity contribution in [3.05, 3.63) is 48.6 Å². The number of allylic oxidation sites excluding steroid dienone is 1. The monoisotopic (exact) mass is 266 g/mol. The molecule has 0 N–H and O–H groups in total. The lowest BCUT2D eigenvalue weighted by Crippen LogP contribution is -1.89. The van der Waals surface area contributed by atoms with E-state index in [-0.39, 0.29) is 0 Å². The maximum Gasteiger partial charge on any atom is 0.0395 e. The van der Waals surface area contributed by atoms with Gasteiger partial charge in [0.15, 0.2) is 0 Å². The Morgan fingerprint density at radius 3 is 2.53 bits per heavy atom. The van der Waals surface area contributed by atoms with Gasteiger partial charge in [0, 0.05) is 4.83 Å². The van der Waals surface area contributed by atoms with Gasteiger partial charge in [0.05, 0.1) is 0 Å². The van der Waals surface area contributed by atoms with Crippen molar-refractivity contribution >= 4 is 15.9 Å². The minimum Gasteiger partial charge on any atom is -0.103 e. The van der Waals surface area contributed by atoms with Crippen molar-refractivity contribution in [3.63, 3.8) is 0 Å². The zero-order chi connectivity index (χ0) is 10.9. The van der Waals surface area contributed by atoms with Crippen molar-refractivity contribution in [1.82, 2.24) is 0 Å². The summed E-state index contributed by atoms with van der Waals surface area (Å²) in [4.78, 5) is 0.516. The van der Waals surface area contributed by atoms with Crippen LogP contribution in [0.5, 0.6) is 0 Å². The molecule has 0 nitrogen and oxygen atoms in total. The van der Waals surface area contributed by atoms with Crippen LogP contribution in [0.25, 0.3) is 0 Å². The van der Waals surface area contributed by atoms with Gasteiger partial charge >= 0.3 is 0 Å². The van der Waals surface area contributed by atoms with E-state index in [0.29, 0.717) is 4.83 Å². The van der Waals surface area contributed by atoms with Gasteiger partial charge in [-0.15, -0.1) is 6.58 Å². The van der Waals surface area contributed by atoms with E-state index in [2.05, 4.69) is 52.8 Å². The van der Waals surface area contributed by atoms with E-state index in [0.717, 1.165) is 6.42 Å². The molecule has 0 spiro atoms. The molecule has 0 saturated carbocycles. The van der Waals surface area contributed by atoms with Crippen molar-refractivity contribution < 1.29 is 0 Å². The second-order valence-corrected chi connectivity index (χ2v) is 4.91. The number of hydrogen-bond acceptors (Lipinski definition) is 0. The fourth-order valence-electron chi connectivity index (χ4n) is 1.62. The first-order valence-corrected chi connectivity index (χ1v) is 6.56. The quantitative estimate of drug-likeness (QED) is 0.359. The highest BCUT2D eigenvalue weighted by molar-refractivity contribution is 9.09. The molecule has 0 saturated heterocycles. The molecule has 0 aliphatic rings. The van der Waals surface area contributed by atoms with Crippen LogP contribution in [0.1, 0.15) is 42.5 Å². The fourth-order valence-corrected chi connectivity index (χ4v) is 2.25. The third kappa shape index (κ3) is 5.17. The highest BCUT2D eigenvalue weighted by atomic mass is 79.9. The number of unbranched alkanes of at least 4 members (excludes halogenated alkanes) is 3. The van der Waals surface area contributed by atoms with Crippen molar-refractivity contribution in [3.8, 4) is 0 Å². The van der Waals surface area contributed by atoms with Crippen molar-refractivity contribution in [2.75, 3.05) is 0 Å². The van der Waals surface area contributed by atoms with E-state index >= 15 is 0 Å². The van der Waals surface area contributed by atoms with Crippen LogP contribution in [0.4, 0.5) is 0 Å². The molecule has 1 aromatic carbocycles. The summed E-state index contributed by atoms with van der Waals surface area (Å²) in [7, 11) is 0. The summed E-state index contributed by atoms with van der Waals surface area (Å²) in [6.07, 6.45) is 8.25. The lowest BCUT2D eigenvalue weighted by atomic mass is 10.1. The third-order valence-electron chi connectivity index (χ3n) is 2.53. The van der Waals surface area contributed by atoms with Gasteiger partial charge in [0.2, 0.25) is 0 Å². The minimum absolute atomic E-state index is 0.516. The Morgan fingerprint density at radius 1 is 1.13 bits per heavy atom. The molecule has 1 rings (SSSR count). The molecule has 0 bridgehead atoms. The van der Waals surface area contributed by atoms with E-state index in [9.17, 15) is 0 Å². The van der Waals surface area contributed by atoms with Crippen LogP contribution in [-0.2, 0) is 0 Å². The first kappa shape index (κ1) is 12.5. The molecule has 1 heteroatoms. The maximum atomic E-state index is 3.73. The zero-order valence-electron chi connectivity index (χ0n) is 9.16. The Labute approximate surface area is 102 Å². The number of hydrogen-bond donors (Lipinski definition) is 0. The van der Waals surface area contributed by atoms with Crippen LogP contribution < -0.4 is 0 Å². The molecule has 1 atom stereocenters. The molecule has 0 fully saturated rings. The zero-order valence-corrected chi connectivity index (χ0v) is 10.7. The average molecular weight is 267 g/mol. The summed E-state index contributed by atoms with van der Waals surface area (Å²) in [6.45, 7) is 3.73. The van der Waals surface area contributed by atoms with Gasteiger partial charge in [0.25, 0.3) is 0 Å².